The van der Waals surface area contributed by atoms with Gasteiger partial charge in [0, 0.05) is 28.9 Å². The first kappa shape index (κ1) is 12.8. The van der Waals surface area contributed by atoms with Crippen LogP contribution in [0.3, 0.4) is 0 Å². The molecule has 1 aliphatic rings. The maximum atomic E-state index is 4.15. The number of imidazole rings is 1. The highest BCUT2D eigenvalue weighted by Gasteiger charge is 2.21. The fourth-order valence-corrected chi connectivity index (χ4v) is 3.91. The van der Waals surface area contributed by atoms with Crippen LogP contribution in [-0.2, 0) is 0 Å². The van der Waals surface area contributed by atoms with Gasteiger partial charge in [0.2, 0.25) is 0 Å². The highest BCUT2D eigenvalue weighted by Crippen LogP contribution is 2.43. The molecule has 3 aromatic carbocycles. The molecule has 0 saturated carbocycles. The Morgan fingerprint density at radius 3 is 2.68 bits per heavy atom. The third-order valence-electron chi connectivity index (χ3n) is 4.99. The van der Waals surface area contributed by atoms with Crippen molar-refractivity contribution in [3.63, 3.8) is 0 Å². The summed E-state index contributed by atoms with van der Waals surface area (Å²) in [5.41, 5.74) is 7.00. The Hall–Kier alpha value is -3.53. The van der Waals surface area contributed by atoms with Gasteiger partial charge in [-0.05, 0) is 30.3 Å². The Bertz CT molecular complexity index is 1260. The second kappa shape index (κ2) is 4.51. The molecule has 0 unspecified atom stereocenters. The molecular weight excluding hydrogens is 308 g/mol. The Balaban J connectivity index is 1.72. The van der Waals surface area contributed by atoms with Gasteiger partial charge in [-0.15, -0.1) is 0 Å². The Morgan fingerprint density at radius 2 is 1.76 bits per heavy atom. The zero-order valence-corrected chi connectivity index (χ0v) is 13.3. The molecule has 3 heterocycles. The van der Waals surface area contributed by atoms with E-state index in [9.17, 15) is 0 Å². The van der Waals surface area contributed by atoms with Crippen molar-refractivity contribution in [3.05, 3.63) is 79.4 Å². The number of hydrogen-bond donors (Lipinski definition) is 1. The summed E-state index contributed by atoms with van der Waals surface area (Å²) in [5.74, 6) is 0. The predicted molar refractivity (Wildman–Crippen MR) is 101 cm³/mol. The second-order valence-corrected chi connectivity index (χ2v) is 6.35. The summed E-state index contributed by atoms with van der Waals surface area (Å²) in [4.78, 5) is 4.15. The molecule has 0 aliphatic carbocycles. The fraction of sp³-hybridized carbons (Fsp3) is 0. The minimum atomic E-state index is 1.09. The summed E-state index contributed by atoms with van der Waals surface area (Å²) >= 11 is 0. The van der Waals surface area contributed by atoms with Gasteiger partial charge in [-0.3, -0.25) is 0 Å². The minimum Gasteiger partial charge on any atom is -0.352 e. The highest BCUT2D eigenvalue weighted by atomic mass is 15.1. The van der Waals surface area contributed by atoms with Crippen LogP contribution >= 0.6 is 0 Å². The van der Waals surface area contributed by atoms with E-state index >= 15 is 0 Å². The van der Waals surface area contributed by atoms with Gasteiger partial charge >= 0.3 is 0 Å². The molecule has 0 radical (unpaired) electrons. The van der Waals surface area contributed by atoms with Crippen LogP contribution in [0.5, 0.6) is 0 Å². The van der Waals surface area contributed by atoms with Crippen molar-refractivity contribution in [2.24, 2.45) is 0 Å². The SMILES string of the molecule is c1ccc2c(c1)c1cccc3c1n2-c1ccc(-n2ccnc2)cc1N3. The lowest BCUT2D eigenvalue weighted by Crippen LogP contribution is -2.08. The standard InChI is InChI=1S/C21H14N4/c1-2-7-19-15(4-1)16-5-3-6-17-21(16)25(19)20-9-8-14(12-18(20)23-17)24-11-10-22-13-24/h1-13,23H. The van der Waals surface area contributed by atoms with Crippen molar-refractivity contribution in [1.29, 1.82) is 0 Å². The maximum Gasteiger partial charge on any atom is 0.0991 e. The van der Waals surface area contributed by atoms with Crippen LogP contribution in [0, 0.1) is 0 Å². The molecule has 0 bridgehead atoms. The van der Waals surface area contributed by atoms with Crippen molar-refractivity contribution in [2.45, 2.75) is 0 Å². The third kappa shape index (κ3) is 1.63. The van der Waals surface area contributed by atoms with Gasteiger partial charge in [0.05, 0.1) is 34.4 Å². The number of fused-ring (bicyclic) bond motifs is 5. The van der Waals surface area contributed by atoms with Crippen LogP contribution in [0.2, 0.25) is 0 Å². The van der Waals surface area contributed by atoms with Crippen molar-refractivity contribution < 1.29 is 0 Å². The van der Waals surface area contributed by atoms with E-state index in [-0.39, 0.29) is 0 Å². The molecule has 4 heteroatoms. The van der Waals surface area contributed by atoms with E-state index in [4.69, 9.17) is 0 Å². The predicted octanol–water partition coefficient (Wildman–Crippen LogP) is 5.03. The lowest BCUT2D eigenvalue weighted by molar-refractivity contribution is 1.05. The molecule has 1 N–H and O–H groups in total. The van der Waals surface area contributed by atoms with Crippen molar-refractivity contribution in [1.82, 2.24) is 14.1 Å². The summed E-state index contributed by atoms with van der Waals surface area (Å²) < 4.78 is 4.38. The minimum absolute atomic E-state index is 1.09. The molecule has 0 fully saturated rings. The van der Waals surface area contributed by atoms with Gasteiger partial charge in [-0.2, -0.15) is 0 Å². The van der Waals surface area contributed by atoms with Gasteiger partial charge in [0.15, 0.2) is 0 Å². The Labute approximate surface area is 144 Å². The summed E-state index contributed by atoms with van der Waals surface area (Å²) in [6, 6.07) is 21.5. The first-order valence-corrected chi connectivity index (χ1v) is 8.32. The molecule has 4 nitrogen and oxygen atoms in total. The van der Waals surface area contributed by atoms with E-state index in [0.717, 1.165) is 17.1 Å². The first-order chi connectivity index (χ1) is 12.4. The van der Waals surface area contributed by atoms with E-state index in [0.29, 0.717) is 0 Å². The van der Waals surface area contributed by atoms with Crippen molar-refractivity contribution in [2.75, 3.05) is 5.32 Å². The average Bonchev–Trinajstić information content (AvgIpc) is 3.30. The van der Waals surface area contributed by atoms with Crippen LogP contribution in [0.4, 0.5) is 11.4 Å². The van der Waals surface area contributed by atoms with E-state index in [2.05, 4.69) is 75.5 Å². The van der Waals surface area contributed by atoms with Crippen LogP contribution in [0.1, 0.15) is 0 Å². The number of anilines is 2. The molecule has 2 aromatic heterocycles. The summed E-state index contributed by atoms with van der Waals surface area (Å²) in [6.07, 6.45) is 5.58. The Morgan fingerprint density at radius 1 is 0.840 bits per heavy atom. The summed E-state index contributed by atoms with van der Waals surface area (Å²) in [6.45, 7) is 0. The van der Waals surface area contributed by atoms with Gasteiger partial charge in [0.25, 0.3) is 0 Å². The number of benzene rings is 3. The monoisotopic (exact) mass is 322 g/mol. The quantitative estimate of drug-likeness (QED) is 0.461. The lowest BCUT2D eigenvalue weighted by atomic mass is 10.1. The maximum absolute atomic E-state index is 4.15. The van der Waals surface area contributed by atoms with Crippen LogP contribution < -0.4 is 5.32 Å². The lowest BCUT2D eigenvalue weighted by Gasteiger charge is -2.23. The molecular formula is C21H14N4. The van der Waals surface area contributed by atoms with E-state index in [1.807, 2.05) is 17.1 Å². The first-order valence-electron chi connectivity index (χ1n) is 8.32. The number of nitrogens with zero attached hydrogens (tertiary/aromatic N) is 3. The Kier molecular flexibility index (Phi) is 2.32. The average molecular weight is 322 g/mol. The van der Waals surface area contributed by atoms with Crippen molar-refractivity contribution >= 4 is 33.2 Å². The van der Waals surface area contributed by atoms with E-state index < -0.39 is 0 Å². The van der Waals surface area contributed by atoms with Crippen LogP contribution in [0.25, 0.3) is 33.2 Å². The van der Waals surface area contributed by atoms with Crippen LogP contribution in [0.15, 0.2) is 79.4 Å². The van der Waals surface area contributed by atoms with E-state index in [1.165, 1.54) is 27.5 Å². The topological polar surface area (TPSA) is 34.8 Å². The van der Waals surface area contributed by atoms with Crippen molar-refractivity contribution in [3.8, 4) is 11.4 Å². The zero-order chi connectivity index (χ0) is 16.4. The molecule has 0 atom stereocenters. The number of aromatic nitrogens is 3. The van der Waals surface area contributed by atoms with Gasteiger partial charge in [0.1, 0.15) is 0 Å². The molecule has 0 spiro atoms. The number of para-hydroxylation sites is 2. The smallest absolute Gasteiger partial charge is 0.0991 e. The largest absolute Gasteiger partial charge is 0.352 e. The summed E-state index contributed by atoms with van der Waals surface area (Å²) in [5, 5.41) is 6.18. The summed E-state index contributed by atoms with van der Waals surface area (Å²) in [7, 11) is 0. The van der Waals surface area contributed by atoms with Crippen LogP contribution in [-0.4, -0.2) is 14.1 Å². The number of rotatable bonds is 1. The number of hydrogen-bond acceptors (Lipinski definition) is 2. The molecule has 25 heavy (non-hydrogen) atoms. The highest BCUT2D eigenvalue weighted by molar-refractivity contribution is 6.15. The molecule has 0 amide bonds. The van der Waals surface area contributed by atoms with Gasteiger partial charge in [-0.1, -0.05) is 30.3 Å². The third-order valence-corrected chi connectivity index (χ3v) is 4.99. The van der Waals surface area contributed by atoms with E-state index in [1.54, 1.807) is 6.20 Å². The van der Waals surface area contributed by atoms with Gasteiger partial charge in [-0.25, -0.2) is 4.98 Å². The normalized spacial score (nSPS) is 12.3. The molecule has 6 rings (SSSR count). The molecule has 1 aliphatic heterocycles. The van der Waals surface area contributed by atoms with Gasteiger partial charge < -0.3 is 14.5 Å². The fourth-order valence-electron chi connectivity index (χ4n) is 3.91. The zero-order valence-electron chi connectivity index (χ0n) is 13.3. The molecule has 118 valence electrons. The number of nitrogens with one attached hydrogen (secondary N) is 1. The molecule has 5 aromatic rings. The second-order valence-electron chi connectivity index (χ2n) is 6.35. The molecule has 0 saturated heterocycles.